The second kappa shape index (κ2) is 11.1. The highest BCUT2D eigenvalue weighted by Gasteiger charge is 2.25. The maximum absolute atomic E-state index is 6.25. The molecule has 0 fully saturated rings. The van der Waals surface area contributed by atoms with Crippen LogP contribution in [0.25, 0.3) is 32.9 Å². The van der Waals surface area contributed by atoms with Crippen LogP contribution in [-0.2, 0) is 6.54 Å². The summed E-state index contributed by atoms with van der Waals surface area (Å²) in [6.45, 7) is 8.93. The van der Waals surface area contributed by atoms with E-state index in [0.717, 1.165) is 48.5 Å². The number of rotatable bonds is 7. The molecule has 176 valence electrons. The molecule has 0 bridgehead atoms. The Bertz CT molecular complexity index is 1220. The molecule has 0 aliphatic carbocycles. The van der Waals surface area contributed by atoms with E-state index in [-0.39, 0.29) is 24.8 Å². The van der Waals surface area contributed by atoms with Gasteiger partial charge in [0.1, 0.15) is 0 Å². The van der Waals surface area contributed by atoms with Crippen molar-refractivity contribution in [3.8, 4) is 11.3 Å². The molecule has 33 heavy (non-hydrogen) atoms. The van der Waals surface area contributed by atoms with Gasteiger partial charge in [-0.25, -0.2) is 0 Å². The number of nitrogens with zero attached hydrogens (tertiary/aromatic N) is 2. The molecule has 0 spiro atoms. The van der Waals surface area contributed by atoms with E-state index in [0.29, 0.717) is 0 Å². The van der Waals surface area contributed by atoms with Crippen molar-refractivity contribution in [3.05, 3.63) is 66.7 Å². The molecule has 4 aromatic rings. The largest absolute Gasteiger partial charge is 1.00 e. The molecule has 0 radical (unpaired) electrons. The second-order valence-corrected chi connectivity index (χ2v) is 8.78. The summed E-state index contributed by atoms with van der Waals surface area (Å²) < 4.78 is 3.54. The van der Waals surface area contributed by atoms with Crippen LogP contribution in [0.5, 0.6) is 0 Å². The highest BCUT2D eigenvalue weighted by atomic mass is 35.5. The number of fused-ring (bicyclic) bond motifs is 3. The van der Waals surface area contributed by atoms with Crippen LogP contribution in [0.1, 0.15) is 20.3 Å². The van der Waals surface area contributed by atoms with Gasteiger partial charge < -0.3 is 40.8 Å². The Balaban J connectivity index is 0.00000193. The Kier molecular flexibility index (Phi) is 8.96. The number of anilines is 2. The first-order valence-electron chi connectivity index (χ1n) is 11.3. The van der Waals surface area contributed by atoms with Gasteiger partial charge in [0.05, 0.1) is 43.9 Å². The van der Waals surface area contributed by atoms with Gasteiger partial charge in [0.15, 0.2) is 6.54 Å². The van der Waals surface area contributed by atoms with Crippen molar-refractivity contribution in [1.82, 2.24) is 0 Å². The third-order valence-corrected chi connectivity index (χ3v) is 6.83. The molecule has 0 aliphatic rings. The fourth-order valence-electron chi connectivity index (χ4n) is 4.55. The van der Waals surface area contributed by atoms with Crippen LogP contribution >= 0.6 is 0 Å². The minimum atomic E-state index is 0. The Morgan fingerprint density at radius 3 is 2.00 bits per heavy atom. The molecule has 6 heteroatoms. The van der Waals surface area contributed by atoms with E-state index in [4.69, 9.17) is 11.5 Å². The average molecular weight is 486 g/mol. The molecule has 1 aromatic heterocycles. The predicted octanol–water partition coefficient (Wildman–Crippen LogP) is -1.00. The summed E-state index contributed by atoms with van der Waals surface area (Å²) in [6, 6.07) is 23.1. The van der Waals surface area contributed by atoms with E-state index in [2.05, 4.69) is 80.1 Å². The Morgan fingerprint density at radius 1 is 0.758 bits per heavy atom. The van der Waals surface area contributed by atoms with Crippen LogP contribution in [0.2, 0.25) is 0 Å². The molecule has 1 heterocycles. The molecule has 0 aliphatic heterocycles. The average Bonchev–Trinajstić information content (AvgIpc) is 2.79. The molecule has 0 atom stereocenters. The lowest BCUT2D eigenvalue weighted by Crippen LogP contribution is -3.00. The molecule has 0 saturated heterocycles. The number of aryl methyl sites for hydroxylation is 1. The fraction of sp³-hybridized carbons (Fsp3) is 0.296. The molecule has 3 aromatic carbocycles. The van der Waals surface area contributed by atoms with Crippen LogP contribution in [-0.4, -0.2) is 31.2 Å². The maximum Gasteiger partial charge on any atom is 0.220 e. The number of pyridine rings is 1. The van der Waals surface area contributed by atoms with Crippen LogP contribution in [0.15, 0.2) is 66.7 Å². The van der Waals surface area contributed by atoms with Crippen LogP contribution < -0.4 is 40.8 Å². The summed E-state index contributed by atoms with van der Waals surface area (Å²) in [5, 5.41) is 3.61. The topological polar surface area (TPSA) is 55.9 Å². The molecule has 0 unspecified atom stereocenters. The minimum Gasteiger partial charge on any atom is -1.00 e. The second-order valence-electron chi connectivity index (χ2n) is 8.78. The standard InChI is InChI=1S/C27H33N4.2ClH/c1-4-31(3,5-2)17-9-16-30-26-19-22(29)13-15-24(26)23-14-12-21(28)18-25(23)27(30)20-10-7-6-8-11-20;;/h6-8,10-15,18-19,29H,4-5,9,16-17,28H2,1-3H3;2*1H/q+1;;/p-1. The van der Waals surface area contributed by atoms with Crippen LogP contribution in [0.3, 0.4) is 0 Å². The molecule has 0 saturated carbocycles. The lowest BCUT2D eigenvalue weighted by atomic mass is 9.98. The highest BCUT2D eigenvalue weighted by molar-refractivity contribution is 6.10. The van der Waals surface area contributed by atoms with Crippen molar-refractivity contribution in [2.24, 2.45) is 0 Å². The number of hydrogen-bond acceptors (Lipinski definition) is 2. The zero-order valence-electron chi connectivity index (χ0n) is 19.7. The van der Waals surface area contributed by atoms with E-state index < -0.39 is 0 Å². The van der Waals surface area contributed by atoms with Crippen molar-refractivity contribution in [2.75, 3.05) is 38.1 Å². The summed E-state index contributed by atoms with van der Waals surface area (Å²) in [7, 11) is 2.35. The normalized spacial score (nSPS) is 11.2. The summed E-state index contributed by atoms with van der Waals surface area (Å²) in [5.74, 6) is 0. The lowest BCUT2D eigenvalue weighted by molar-refractivity contribution is -0.908. The van der Waals surface area contributed by atoms with E-state index in [1.807, 2.05) is 12.1 Å². The van der Waals surface area contributed by atoms with Crippen LogP contribution in [0, 0.1) is 0 Å². The molecular weight excluding hydrogens is 451 g/mol. The zero-order chi connectivity index (χ0) is 22.0. The van der Waals surface area contributed by atoms with Gasteiger partial charge in [-0.1, -0.05) is 24.3 Å². The van der Waals surface area contributed by atoms with Gasteiger partial charge in [-0.3, -0.25) is 0 Å². The molecular formula is C27H34Cl2N4. The fourth-order valence-corrected chi connectivity index (χ4v) is 4.55. The Labute approximate surface area is 209 Å². The van der Waals surface area contributed by atoms with E-state index in [1.54, 1.807) is 0 Å². The number of benzene rings is 3. The van der Waals surface area contributed by atoms with Gasteiger partial charge >= 0.3 is 0 Å². The summed E-state index contributed by atoms with van der Waals surface area (Å²) in [5.41, 5.74) is 17.7. The first-order chi connectivity index (χ1) is 15.0. The van der Waals surface area contributed by atoms with Crippen LogP contribution in [0.4, 0.5) is 11.4 Å². The quantitative estimate of drug-likeness (QED) is 0.153. The zero-order valence-corrected chi connectivity index (χ0v) is 21.2. The highest BCUT2D eigenvalue weighted by Crippen LogP contribution is 2.33. The van der Waals surface area contributed by atoms with Gasteiger partial charge in [-0.05, 0) is 50.2 Å². The number of nitrogen functional groups attached to an aromatic ring is 2. The number of halogens is 2. The monoisotopic (exact) mass is 484 g/mol. The molecule has 4 nitrogen and oxygen atoms in total. The van der Waals surface area contributed by atoms with E-state index in [9.17, 15) is 0 Å². The molecule has 0 amide bonds. The van der Waals surface area contributed by atoms with Gasteiger partial charge in [0.2, 0.25) is 11.2 Å². The van der Waals surface area contributed by atoms with Gasteiger partial charge in [-0.2, -0.15) is 4.57 Å². The third-order valence-electron chi connectivity index (χ3n) is 6.83. The van der Waals surface area contributed by atoms with E-state index in [1.165, 1.54) is 32.9 Å². The van der Waals surface area contributed by atoms with Crippen molar-refractivity contribution in [3.63, 3.8) is 0 Å². The smallest absolute Gasteiger partial charge is 0.220 e. The lowest BCUT2D eigenvalue weighted by Gasteiger charge is -2.31. The summed E-state index contributed by atoms with van der Waals surface area (Å²) in [6.07, 6.45) is 1.10. The summed E-state index contributed by atoms with van der Waals surface area (Å²) in [4.78, 5) is 0. The Hall–Kier alpha value is -2.53. The third kappa shape index (κ3) is 5.35. The Morgan fingerprint density at radius 2 is 1.36 bits per heavy atom. The minimum absolute atomic E-state index is 0. The first-order valence-corrected chi connectivity index (χ1v) is 11.3. The van der Waals surface area contributed by atoms with Crippen molar-refractivity contribution >= 4 is 33.1 Å². The summed E-state index contributed by atoms with van der Waals surface area (Å²) >= 11 is 0. The van der Waals surface area contributed by atoms with Gasteiger partial charge in [-0.15, -0.1) is 0 Å². The molecule has 4 rings (SSSR count). The van der Waals surface area contributed by atoms with Crippen molar-refractivity contribution < 1.29 is 33.9 Å². The SMILES string of the molecule is CC[N+](C)(CC)CCC[n+]1c(-c2ccccc2)c2cc(N)ccc2c2ccc(N)cc21.[Cl-].[Cl-]. The van der Waals surface area contributed by atoms with E-state index >= 15 is 0 Å². The van der Waals surface area contributed by atoms with Crippen molar-refractivity contribution in [1.29, 1.82) is 0 Å². The number of hydrogen-bond donors (Lipinski definition) is 2. The van der Waals surface area contributed by atoms with Crippen molar-refractivity contribution in [2.45, 2.75) is 26.8 Å². The number of quaternary nitrogens is 1. The molecule has 4 N–H and O–H groups in total. The maximum atomic E-state index is 6.25. The number of aromatic nitrogens is 1. The van der Waals surface area contributed by atoms with Gasteiger partial charge in [0.25, 0.3) is 0 Å². The van der Waals surface area contributed by atoms with Gasteiger partial charge in [0, 0.05) is 28.4 Å². The predicted molar refractivity (Wildman–Crippen MR) is 133 cm³/mol. The first kappa shape index (κ1) is 26.7. The number of nitrogens with two attached hydrogens (primary N) is 2.